The van der Waals surface area contributed by atoms with Crippen molar-refractivity contribution in [1.29, 1.82) is 0 Å². The number of rotatable bonds is 6. The Balaban J connectivity index is 1.86. The zero-order valence-electron chi connectivity index (χ0n) is 13.2. The first-order valence-electron chi connectivity index (χ1n) is 7.71. The SMILES string of the molecule is COc1nc2c(cc1C(=O)NC(CC(=O)O)c1ccco1)CCC2. The van der Waals surface area contributed by atoms with Crippen molar-refractivity contribution in [3.63, 3.8) is 0 Å². The average molecular weight is 330 g/mol. The van der Waals surface area contributed by atoms with Gasteiger partial charge in [0.1, 0.15) is 11.3 Å². The number of methoxy groups -OCH3 is 1. The van der Waals surface area contributed by atoms with Crippen LogP contribution in [0.4, 0.5) is 0 Å². The highest BCUT2D eigenvalue weighted by Gasteiger charge is 2.25. The summed E-state index contributed by atoms with van der Waals surface area (Å²) in [7, 11) is 1.46. The summed E-state index contributed by atoms with van der Waals surface area (Å²) in [4.78, 5) is 28.1. The molecule has 3 rings (SSSR count). The summed E-state index contributed by atoms with van der Waals surface area (Å²) in [6, 6.07) is 4.30. The van der Waals surface area contributed by atoms with Crippen LogP contribution in [0.3, 0.4) is 0 Å². The number of aliphatic carboxylic acids is 1. The summed E-state index contributed by atoms with van der Waals surface area (Å²) in [5.41, 5.74) is 2.30. The molecular weight excluding hydrogens is 312 g/mol. The molecular formula is C17H18N2O5. The van der Waals surface area contributed by atoms with Gasteiger partial charge in [0.05, 0.1) is 25.8 Å². The largest absolute Gasteiger partial charge is 0.481 e. The van der Waals surface area contributed by atoms with E-state index in [1.165, 1.54) is 13.4 Å². The van der Waals surface area contributed by atoms with Crippen LogP contribution in [0.1, 0.15) is 46.3 Å². The summed E-state index contributed by atoms with van der Waals surface area (Å²) in [5.74, 6) is -0.826. The number of nitrogens with one attached hydrogen (secondary N) is 1. The van der Waals surface area contributed by atoms with Gasteiger partial charge in [0.15, 0.2) is 0 Å². The second-order valence-electron chi connectivity index (χ2n) is 5.64. The Morgan fingerprint density at radius 2 is 2.29 bits per heavy atom. The van der Waals surface area contributed by atoms with Gasteiger partial charge in [-0.1, -0.05) is 0 Å². The number of carboxylic acids is 1. The van der Waals surface area contributed by atoms with Crippen LogP contribution >= 0.6 is 0 Å². The molecule has 1 aliphatic carbocycles. The number of hydrogen-bond acceptors (Lipinski definition) is 5. The molecule has 2 N–H and O–H groups in total. The number of amides is 1. The second-order valence-corrected chi connectivity index (χ2v) is 5.64. The lowest BCUT2D eigenvalue weighted by Crippen LogP contribution is -2.30. The number of carbonyl (C=O) groups excluding carboxylic acids is 1. The lowest BCUT2D eigenvalue weighted by molar-refractivity contribution is -0.137. The summed E-state index contributed by atoms with van der Waals surface area (Å²) in [5, 5.41) is 11.8. The minimum absolute atomic E-state index is 0.252. The Hall–Kier alpha value is -2.83. The number of carboxylic acid groups (broad SMARTS) is 1. The second kappa shape index (κ2) is 6.74. The molecule has 126 valence electrons. The van der Waals surface area contributed by atoms with Gasteiger partial charge in [0.25, 0.3) is 5.91 Å². The van der Waals surface area contributed by atoms with E-state index in [-0.39, 0.29) is 12.3 Å². The molecule has 2 heterocycles. The van der Waals surface area contributed by atoms with Crippen LogP contribution in [0, 0.1) is 0 Å². The van der Waals surface area contributed by atoms with Crippen molar-refractivity contribution in [2.75, 3.05) is 7.11 Å². The molecule has 0 aromatic carbocycles. The summed E-state index contributed by atoms with van der Waals surface area (Å²) in [6.07, 6.45) is 3.92. The number of hydrogen-bond donors (Lipinski definition) is 2. The van der Waals surface area contributed by atoms with Crippen molar-refractivity contribution in [3.8, 4) is 5.88 Å². The van der Waals surface area contributed by atoms with E-state index in [0.717, 1.165) is 30.5 Å². The molecule has 0 saturated heterocycles. The third-order valence-corrected chi connectivity index (χ3v) is 4.02. The molecule has 0 aliphatic heterocycles. The van der Waals surface area contributed by atoms with Crippen LogP contribution in [-0.2, 0) is 17.6 Å². The lowest BCUT2D eigenvalue weighted by atomic mass is 10.1. The molecule has 1 amide bonds. The number of pyridine rings is 1. The molecule has 24 heavy (non-hydrogen) atoms. The average Bonchev–Trinajstić information content (AvgIpc) is 3.23. The number of ether oxygens (including phenoxy) is 1. The van der Waals surface area contributed by atoms with Crippen molar-refractivity contribution in [2.45, 2.75) is 31.7 Å². The summed E-state index contributed by atoms with van der Waals surface area (Å²) < 4.78 is 10.5. The van der Waals surface area contributed by atoms with Crippen LogP contribution < -0.4 is 10.1 Å². The molecule has 1 aliphatic rings. The molecule has 0 fully saturated rings. The number of furan rings is 1. The molecule has 0 bridgehead atoms. The first-order valence-corrected chi connectivity index (χ1v) is 7.71. The Labute approximate surface area is 138 Å². The Morgan fingerprint density at radius 3 is 2.96 bits per heavy atom. The zero-order valence-corrected chi connectivity index (χ0v) is 13.2. The Morgan fingerprint density at radius 1 is 1.46 bits per heavy atom. The molecule has 0 radical (unpaired) electrons. The van der Waals surface area contributed by atoms with E-state index in [1.807, 2.05) is 0 Å². The summed E-state index contributed by atoms with van der Waals surface area (Å²) in [6.45, 7) is 0. The van der Waals surface area contributed by atoms with Gasteiger partial charge in [-0.3, -0.25) is 9.59 Å². The maximum Gasteiger partial charge on any atom is 0.305 e. The fourth-order valence-corrected chi connectivity index (χ4v) is 2.89. The van der Waals surface area contributed by atoms with Gasteiger partial charge >= 0.3 is 5.97 Å². The number of nitrogens with zero attached hydrogens (tertiary/aromatic N) is 1. The van der Waals surface area contributed by atoms with Crippen LogP contribution in [0.2, 0.25) is 0 Å². The predicted molar refractivity (Wildman–Crippen MR) is 84.0 cm³/mol. The maximum atomic E-state index is 12.6. The molecule has 7 heteroatoms. The smallest absolute Gasteiger partial charge is 0.305 e. The van der Waals surface area contributed by atoms with Crippen molar-refractivity contribution in [1.82, 2.24) is 10.3 Å². The van der Waals surface area contributed by atoms with Crippen LogP contribution in [0.15, 0.2) is 28.9 Å². The minimum Gasteiger partial charge on any atom is -0.481 e. The van der Waals surface area contributed by atoms with Crippen molar-refractivity contribution in [2.24, 2.45) is 0 Å². The highest BCUT2D eigenvalue weighted by Crippen LogP contribution is 2.27. The van der Waals surface area contributed by atoms with E-state index in [2.05, 4.69) is 10.3 Å². The van der Waals surface area contributed by atoms with Gasteiger partial charge in [0, 0.05) is 5.69 Å². The first-order chi connectivity index (χ1) is 11.6. The molecule has 2 aromatic rings. The van der Waals surface area contributed by atoms with E-state index in [0.29, 0.717) is 11.3 Å². The van der Waals surface area contributed by atoms with Crippen LogP contribution in [0.25, 0.3) is 0 Å². The monoisotopic (exact) mass is 330 g/mol. The standard InChI is InChI=1S/C17H18N2O5/c1-23-17-11(8-10-4-2-5-12(10)19-17)16(22)18-13(9-15(20)21)14-6-3-7-24-14/h3,6-8,13H,2,4-5,9H2,1H3,(H,18,22)(H,20,21). The predicted octanol–water partition coefficient (Wildman–Crippen LogP) is 2.12. The minimum atomic E-state index is -1.03. The molecule has 2 aromatic heterocycles. The highest BCUT2D eigenvalue weighted by molar-refractivity contribution is 5.97. The van der Waals surface area contributed by atoms with Gasteiger partial charge in [-0.2, -0.15) is 0 Å². The van der Waals surface area contributed by atoms with Crippen molar-refractivity contribution < 1.29 is 23.8 Å². The normalized spacial score (nSPS) is 14.0. The molecule has 0 spiro atoms. The Bertz CT molecular complexity index is 755. The number of aromatic nitrogens is 1. The van der Waals surface area contributed by atoms with Gasteiger partial charge in [0.2, 0.25) is 5.88 Å². The topological polar surface area (TPSA) is 102 Å². The third-order valence-electron chi connectivity index (χ3n) is 4.02. The molecule has 0 saturated carbocycles. The Kier molecular flexibility index (Phi) is 4.50. The van der Waals surface area contributed by atoms with Gasteiger partial charge < -0.3 is 19.6 Å². The van der Waals surface area contributed by atoms with E-state index >= 15 is 0 Å². The van der Waals surface area contributed by atoms with Crippen molar-refractivity contribution in [3.05, 3.63) is 47.0 Å². The van der Waals surface area contributed by atoms with Crippen LogP contribution in [-0.4, -0.2) is 29.1 Å². The number of fused-ring (bicyclic) bond motifs is 1. The lowest BCUT2D eigenvalue weighted by Gasteiger charge is -2.16. The fraction of sp³-hybridized carbons (Fsp3) is 0.353. The van der Waals surface area contributed by atoms with Gasteiger partial charge in [-0.05, 0) is 43.0 Å². The highest BCUT2D eigenvalue weighted by atomic mass is 16.5. The zero-order chi connectivity index (χ0) is 17.1. The molecule has 1 unspecified atom stereocenters. The van der Waals surface area contributed by atoms with E-state index in [9.17, 15) is 9.59 Å². The third kappa shape index (κ3) is 3.24. The molecule has 7 nitrogen and oxygen atoms in total. The van der Waals surface area contributed by atoms with E-state index in [1.54, 1.807) is 18.2 Å². The maximum absolute atomic E-state index is 12.6. The van der Waals surface area contributed by atoms with Crippen molar-refractivity contribution >= 4 is 11.9 Å². The number of carbonyl (C=O) groups is 2. The number of aryl methyl sites for hydroxylation is 2. The quantitative estimate of drug-likeness (QED) is 0.841. The van der Waals surface area contributed by atoms with Gasteiger partial charge in [-0.25, -0.2) is 4.98 Å². The van der Waals surface area contributed by atoms with Crippen LogP contribution in [0.5, 0.6) is 5.88 Å². The molecule has 1 atom stereocenters. The van der Waals surface area contributed by atoms with Gasteiger partial charge in [-0.15, -0.1) is 0 Å². The van der Waals surface area contributed by atoms with E-state index < -0.39 is 17.9 Å². The summed E-state index contributed by atoms with van der Waals surface area (Å²) >= 11 is 0. The first kappa shape index (κ1) is 16.0. The van der Waals surface area contributed by atoms with E-state index in [4.69, 9.17) is 14.3 Å². The fourth-order valence-electron chi connectivity index (χ4n) is 2.89.